The number of imidazole rings is 1. The van der Waals surface area contributed by atoms with E-state index in [-0.39, 0.29) is 22.0 Å². The number of sulfonamides is 1. The Bertz CT molecular complexity index is 1130. The summed E-state index contributed by atoms with van der Waals surface area (Å²) in [6.45, 7) is 1.90. The van der Waals surface area contributed by atoms with E-state index >= 15 is 0 Å². The highest BCUT2D eigenvalue weighted by Crippen LogP contribution is 2.24. The number of halogens is 1. The van der Waals surface area contributed by atoms with Gasteiger partial charge in [0.05, 0.1) is 23.4 Å². The molecule has 0 aliphatic rings. The van der Waals surface area contributed by atoms with Crippen molar-refractivity contribution in [3.8, 4) is 5.69 Å². The summed E-state index contributed by atoms with van der Waals surface area (Å²) in [5, 5.41) is 0.0129. The lowest BCUT2D eigenvalue weighted by atomic mass is 10.2. The van der Waals surface area contributed by atoms with Crippen LogP contribution in [0.25, 0.3) is 5.69 Å². The van der Waals surface area contributed by atoms with Crippen LogP contribution >= 0.6 is 11.6 Å². The summed E-state index contributed by atoms with van der Waals surface area (Å²) in [5.41, 5.74) is 1.67. The van der Waals surface area contributed by atoms with Gasteiger partial charge in [0.15, 0.2) is 0 Å². The van der Waals surface area contributed by atoms with Crippen molar-refractivity contribution in [2.45, 2.75) is 18.4 Å². The van der Waals surface area contributed by atoms with Crippen molar-refractivity contribution in [1.82, 2.24) is 14.3 Å². The van der Waals surface area contributed by atoms with E-state index in [9.17, 15) is 13.2 Å². The first-order chi connectivity index (χ1) is 13.3. The molecule has 146 valence electrons. The average molecular weight is 420 g/mol. The third-order valence-corrected chi connectivity index (χ3v) is 6.05. The fourth-order valence-corrected chi connectivity index (χ4v) is 4.26. The van der Waals surface area contributed by atoms with Crippen LogP contribution in [0.2, 0.25) is 5.02 Å². The molecule has 1 aromatic heterocycles. The van der Waals surface area contributed by atoms with Gasteiger partial charge in [0.1, 0.15) is 10.7 Å². The lowest BCUT2D eigenvalue weighted by Gasteiger charge is -2.14. The number of ether oxygens (including phenoxy) is 1. The highest BCUT2D eigenvalue weighted by molar-refractivity contribution is 7.89. The number of nitrogens with zero attached hydrogens (tertiary/aromatic N) is 2. The predicted octanol–water partition coefficient (Wildman–Crippen LogP) is 3.10. The van der Waals surface area contributed by atoms with Crippen LogP contribution in [0.4, 0.5) is 0 Å². The van der Waals surface area contributed by atoms with Crippen molar-refractivity contribution in [2.75, 3.05) is 7.11 Å². The van der Waals surface area contributed by atoms with Crippen molar-refractivity contribution in [1.29, 1.82) is 0 Å². The Labute approximate surface area is 168 Å². The van der Waals surface area contributed by atoms with Gasteiger partial charge in [-0.3, -0.25) is 0 Å². The maximum Gasteiger partial charge on any atom is 0.337 e. The Morgan fingerprint density at radius 1 is 1.25 bits per heavy atom. The number of benzene rings is 2. The fourth-order valence-electron chi connectivity index (χ4n) is 2.73. The smallest absolute Gasteiger partial charge is 0.337 e. The van der Waals surface area contributed by atoms with Gasteiger partial charge in [-0.1, -0.05) is 29.8 Å². The van der Waals surface area contributed by atoms with Crippen LogP contribution in [-0.2, 0) is 21.3 Å². The van der Waals surface area contributed by atoms with Crippen LogP contribution in [0.5, 0.6) is 0 Å². The normalized spacial score (nSPS) is 11.4. The van der Waals surface area contributed by atoms with Crippen LogP contribution < -0.4 is 4.72 Å². The topological polar surface area (TPSA) is 90.3 Å². The van der Waals surface area contributed by atoms with E-state index in [1.54, 1.807) is 12.4 Å². The van der Waals surface area contributed by atoms with E-state index < -0.39 is 16.0 Å². The van der Waals surface area contributed by atoms with Gasteiger partial charge in [0.2, 0.25) is 10.0 Å². The Balaban J connectivity index is 1.90. The number of hydrogen-bond donors (Lipinski definition) is 1. The predicted molar refractivity (Wildman–Crippen MR) is 105 cm³/mol. The molecule has 0 amide bonds. The second-order valence-corrected chi connectivity index (χ2v) is 8.08. The van der Waals surface area contributed by atoms with Crippen molar-refractivity contribution in [2.24, 2.45) is 0 Å². The molecule has 0 atom stereocenters. The summed E-state index contributed by atoms with van der Waals surface area (Å²) >= 11 is 6.06. The zero-order valence-electron chi connectivity index (χ0n) is 15.2. The number of carbonyl (C=O) groups excluding carboxylic acids is 1. The molecule has 28 heavy (non-hydrogen) atoms. The standard InChI is InChI=1S/C19H18ClN3O4S/c1-13-21-9-10-23(13)17-6-4-3-5-15(17)12-22-28(25,26)18-11-14(19(24)27-2)7-8-16(18)20/h3-11,22H,12H2,1-2H3. The molecular weight excluding hydrogens is 402 g/mol. The molecule has 0 spiro atoms. The first kappa shape index (κ1) is 20.1. The molecule has 0 fully saturated rings. The highest BCUT2D eigenvalue weighted by atomic mass is 35.5. The quantitative estimate of drug-likeness (QED) is 0.620. The number of rotatable bonds is 6. The number of methoxy groups -OCH3 is 1. The van der Waals surface area contributed by atoms with Crippen molar-refractivity contribution >= 4 is 27.6 Å². The van der Waals surface area contributed by atoms with Gasteiger partial charge in [-0.05, 0) is 36.8 Å². The minimum absolute atomic E-state index is 0.0129. The van der Waals surface area contributed by atoms with Crippen molar-refractivity contribution < 1.29 is 17.9 Å². The van der Waals surface area contributed by atoms with E-state index in [1.807, 2.05) is 35.8 Å². The first-order valence-electron chi connectivity index (χ1n) is 8.29. The number of esters is 1. The molecular formula is C19H18ClN3O4S. The maximum atomic E-state index is 12.8. The molecule has 0 saturated heterocycles. The molecule has 7 nitrogen and oxygen atoms in total. The minimum Gasteiger partial charge on any atom is -0.465 e. The molecule has 0 aliphatic carbocycles. The highest BCUT2D eigenvalue weighted by Gasteiger charge is 2.21. The summed E-state index contributed by atoms with van der Waals surface area (Å²) in [4.78, 5) is 15.7. The number of aryl methyl sites for hydroxylation is 1. The lowest BCUT2D eigenvalue weighted by molar-refractivity contribution is 0.0600. The van der Waals surface area contributed by atoms with Crippen LogP contribution in [0.15, 0.2) is 59.8 Å². The summed E-state index contributed by atoms with van der Waals surface area (Å²) < 4.78 is 34.6. The monoisotopic (exact) mass is 419 g/mol. The van der Waals surface area contributed by atoms with Gasteiger partial charge in [0, 0.05) is 18.9 Å². The molecule has 0 bridgehead atoms. The summed E-state index contributed by atoms with van der Waals surface area (Å²) in [6.07, 6.45) is 3.48. The third-order valence-electron chi connectivity index (χ3n) is 4.17. The molecule has 1 heterocycles. The third kappa shape index (κ3) is 4.09. The average Bonchev–Trinajstić information content (AvgIpc) is 3.12. The van der Waals surface area contributed by atoms with Gasteiger partial charge in [-0.2, -0.15) is 0 Å². The molecule has 0 unspecified atom stereocenters. The van der Waals surface area contributed by atoms with Gasteiger partial charge in [0.25, 0.3) is 0 Å². The zero-order valence-corrected chi connectivity index (χ0v) is 16.8. The van der Waals surface area contributed by atoms with Crippen LogP contribution in [0.3, 0.4) is 0 Å². The minimum atomic E-state index is -3.96. The van der Waals surface area contributed by atoms with E-state index in [4.69, 9.17) is 11.6 Å². The molecule has 2 aromatic carbocycles. The van der Waals surface area contributed by atoms with Crippen molar-refractivity contribution in [3.05, 3.63) is 76.8 Å². The number of aromatic nitrogens is 2. The number of carbonyl (C=O) groups is 1. The van der Waals surface area contributed by atoms with Crippen LogP contribution in [0.1, 0.15) is 21.7 Å². The largest absolute Gasteiger partial charge is 0.465 e. The van der Waals surface area contributed by atoms with Crippen molar-refractivity contribution in [3.63, 3.8) is 0 Å². The van der Waals surface area contributed by atoms with E-state index in [1.165, 1.54) is 25.3 Å². The number of nitrogens with one attached hydrogen (secondary N) is 1. The second-order valence-electron chi connectivity index (χ2n) is 5.93. The van der Waals surface area contributed by atoms with Crippen LogP contribution in [0, 0.1) is 6.92 Å². The van der Waals surface area contributed by atoms with E-state index in [0.717, 1.165) is 17.1 Å². The summed E-state index contributed by atoms with van der Waals surface area (Å²) in [6, 6.07) is 11.3. The van der Waals surface area contributed by atoms with E-state index in [0.29, 0.717) is 0 Å². The second kappa shape index (κ2) is 8.14. The Morgan fingerprint density at radius 2 is 2.00 bits per heavy atom. The molecule has 3 aromatic rings. The maximum absolute atomic E-state index is 12.8. The van der Waals surface area contributed by atoms with Gasteiger partial charge >= 0.3 is 5.97 Å². The Hall–Kier alpha value is -2.68. The summed E-state index contributed by atoms with van der Waals surface area (Å²) in [7, 11) is -2.74. The summed E-state index contributed by atoms with van der Waals surface area (Å²) in [5.74, 6) is 0.137. The fraction of sp³-hybridized carbons (Fsp3) is 0.158. The SMILES string of the molecule is COC(=O)c1ccc(Cl)c(S(=O)(=O)NCc2ccccc2-n2ccnc2C)c1. The molecule has 3 rings (SSSR count). The van der Waals surface area contributed by atoms with E-state index in [2.05, 4.69) is 14.4 Å². The zero-order chi connectivity index (χ0) is 20.3. The van der Waals surface area contributed by atoms with Gasteiger partial charge in [-0.25, -0.2) is 22.9 Å². The molecule has 0 aliphatic heterocycles. The number of para-hydroxylation sites is 1. The lowest BCUT2D eigenvalue weighted by Crippen LogP contribution is -2.24. The first-order valence-corrected chi connectivity index (χ1v) is 10.2. The molecule has 0 radical (unpaired) electrons. The Kier molecular flexibility index (Phi) is 5.83. The van der Waals surface area contributed by atoms with Gasteiger partial charge < -0.3 is 9.30 Å². The Morgan fingerprint density at radius 3 is 2.68 bits per heavy atom. The number of hydrogen-bond acceptors (Lipinski definition) is 5. The molecule has 1 N–H and O–H groups in total. The molecule has 0 saturated carbocycles. The van der Waals surface area contributed by atoms with Gasteiger partial charge in [-0.15, -0.1) is 0 Å². The molecule has 9 heteroatoms. The van der Waals surface area contributed by atoms with Crippen LogP contribution in [-0.4, -0.2) is 31.0 Å².